The van der Waals surface area contributed by atoms with Crippen LogP contribution < -0.4 is 0 Å². The van der Waals surface area contributed by atoms with E-state index >= 15 is 0 Å². The summed E-state index contributed by atoms with van der Waals surface area (Å²) in [5.74, 6) is -1.79. The van der Waals surface area contributed by atoms with Gasteiger partial charge in [-0.2, -0.15) is 0 Å². The van der Waals surface area contributed by atoms with Crippen molar-refractivity contribution in [3.8, 4) is 0 Å². The highest BCUT2D eigenvalue weighted by Crippen LogP contribution is 2.21. The van der Waals surface area contributed by atoms with E-state index in [2.05, 4.69) is 0 Å². The van der Waals surface area contributed by atoms with Crippen molar-refractivity contribution < 1.29 is 29.2 Å². The molecule has 0 radical (unpaired) electrons. The monoisotopic (exact) mass is 419 g/mol. The Morgan fingerprint density at radius 1 is 1.17 bits per heavy atom. The van der Waals surface area contributed by atoms with Gasteiger partial charge in [-0.15, -0.1) is 0 Å². The van der Waals surface area contributed by atoms with E-state index in [0.717, 1.165) is 0 Å². The van der Waals surface area contributed by atoms with Crippen molar-refractivity contribution >= 4 is 23.4 Å². The lowest BCUT2D eigenvalue weighted by atomic mass is 10.1. The molecule has 0 saturated carbocycles. The SMILES string of the molecule is CCOC(=O)c1cc(CC(=O)c2cc([N+](=O)[O-])cn2CC(C)C)cn1CCC(=O)O. The zero-order chi connectivity index (χ0) is 22.4. The van der Waals surface area contributed by atoms with E-state index < -0.39 is 16.9 Å². The molecule has 0 aliphatic rings. The van der Waals surface area contributed by atoms with Gasteiger partial charge >= 0.3 is 11.9 Å². The molecule has 0 aliphatic heterocycles. The van der Waals surface area contributed by atoms with Crippen LogP contribution in [-0.4, -0.2) is 43.5 Å². The minimum Gasteiger partial charge on any atom is -0.481 e. The molecule has 162 valence electrons. The van der Waals surface area contributed by atoms with Crippen LogP contribution >= 0.6 is 0 Å². The number of nitro groups is 1. The predicted molar refractivity (Wildman–Crippen MR) is 107 cm³/mol. The smallest absolute Gasteiger partial charge is 0.354 e. The van der Waals surface area contributed by atoms with Crippen LogP contribution in [0, 0.1) is 16.0 Å². The van der Waals surface area contributed by atoms with Gasteiger partial charge in [0.05, 0.1) is 29.8 Å². The fourth-order valence-corrected chi connectivity index (χ4v) is 3.09. The lowest BCUT2D eigenvalue weighted by Crippen LogP contribution is -2.13. The van der Waals surface area contributed by atoms with Gasteiger partial charge in [0.15, 0.2) is 5.78 Å². The molecule has 10 nitrogen and oxygen atoms in total. The van der Waals surface area contributed by atoms with Gasteiger partial charge in [0.2, 0.25) is 0 Å². The maximum absolute atomic E-state index is 12.9. The third-order valence-corrected chi connectivity index (χ3v) is 4.31. The number of carboxylic acids is 1. The first-order valence-corrected chi connectivity index (χ1v) is 9.58. The van der Waals surface area contributed by atoms with E-state index in [9.17, 15) is 24.5 Å². The molecule has 0 amide bonds. The van der Waals surface area contributed by atoms with Crippen molar-refractivity contribution in [1.29, 1.82) is 0 Å². The Morgan fingerprint density at radius 2 is 1.87 bits per heavy atom. The number of aliphatic carboxylic acids is 1. The summed E-state index contributed by atoms with van der Waals surface area (Å²) in [5, 5.41) is 20.0. The topological polar surface area (TPSA) is 134 Å². The average Bonchev–Trinajstić information content (AvgIpc) is 3.24. The third-order valence-electron chi connectivity index (χ3n) is 4.31. The van der Waals surface area contributed by atoms with Crippen LogP contribution in [0.2, 0.25) is 0 Å². The van der Waals surface area contributed by atoms with E-state index in [1.807, 2.05) is 13.8 Å². The van der Waals surface area contributed by atoms with Crippen LogP contribution in [0.3, 0.4) is 0 Å². The lowest BCUT2D eigenvalue weighted by molar-refractivity contribution is -0.384. The minimum atomic E-state index is -1.02. The molecule has 10 heteroatoms. The van der Waals surface area contributed by atoms with Crippen molar-refractivity contribution in [1.82, 2.24) is 9.13 Å². The second kappa shape index (κ2) is 9.86. The van der Waals surface area contributed by atoms with Crippen molar-refractivity contribution in [2.75, 3.05) is 6.61 Å². The van der Waals surface area contributed by atoms with E-state index in [0.29, 0.717) is 12.1 Å². The largest absolute Gasteiger partial charge is 0.481 e. The summed E-state index contributed by atoms with van der Waals surface area (Å²) in [6.07, 6.45) is 2.59. The second-order valence-corrected chi connectivity index (χ2v) is 7.28. The van der Waals surface area contributed by atoms with Gasteiger partial charge in [-0.05, 0) is 24.5 Å². The first-order valence-electron chi connectivity index (χ1n) is 9.58. The van der Waals surface area contributed by atoms with Gasteiger partial charge in [0.1, 0.15) is 5.69 Å². The second-order valence-electron chi connectivity index (χ2n) is 7.28. The molecule has 0 fully saturated rings. The fraction of sp³-hybridized carbons (Fsp3) is 0.450. The summed E-state index contributed by atoms with van der Waals surface area (Å²) >= 11 is 0. The molecule has 2 aromatic rings. The number of ether oxygens (including phenoxy) is 1. The van der Waals surface area contributed by atoms with Crippen molar-refractivity contribution in [3.63, 3.8) is 0 Å². The first kappa shape index (κ1) is 22.9. The quantitative estimate of drug-likeness (QED) is 0.256. The third kappa shape index (κ3) is 5.79. The number of hydrogen-bond acceptors (Lipinski definition) is 6. The van der Waals surface area contributed by atoms with Gasteiger partial charge < -0.3 is 19.0 Å². The Morgan fingerprint density at radius 3 is 2.43 bits per heavy atom. The summed E-state index contributed by atoms with van der Waals surface area (Å²) in [5.41, 5.74) is 0.703. The number of nitrogens with zero attached hydrogens (tertiary/aromatic N) is 3. The molecule has 0 bridgehead atoms. The maximum atomic E-state index is 12.9. The number of Topliss-reactive ketones (excluding diaryl/α,β-unsaturated/α-hetero) is 1. The van der Waals surface area contributed by atoms with Crippen molar-refractivity contribution in [3.05, 3.63) is 51.6 Å². The Kier molecular flexibility index (Phi) is 7.51. The van der Waals surface area contributed by atoms with Crippen LogP contribution in [-0.2, 0) is 29.0 Å². The van der Waals surface area contributed by atoms with Gasteiger partial charge in [0, 0.05) is 31.8 Å². The first-order chi connectivity index (χ1) is 14.1. The number of esters is 1. The molecule has 30 heavy (non-hydrogen) atoms. The highest BCUT2D eigenvalue weighted by molar-refractivity contribution is 5.97. The van der Waals surface area contributed by atoms with Gasteiger partial charge in [0.25, 0.3) is 5.69 Å². The normalized spacial score (nSPS) is 10.9. The van der Waals surface area contributed by atoms with Crippen LogP contribution in [0.5, 0.6) is 0 Å². The molecule has 0 aliphatic carbocycles. The maximum Gasteiger partial charge on any atom is 0.354 e. The van der Waals surface area contributed by atoms with E-state index in [4.69, 9.17) is 9.84 Å². The van der Waals surface area contributed by atoms with Gasteiger partial charge in [-0.1, -0.05) is 13.8 Å². The Bertz CT molecular complexity index is 956. The van der Waals surface area contributed by atoms with Crippen LogP contribution in [0.1, 0.15) is 53.7 Å². The highest BCUT2D eigenvalue weighted by atomic mass is 16.6. The molecule has 2 heterocycles. The molecule has 1 N–H and O–H groups in total. The molecule has 2 aromatic heterocycles. The summed E-state index contributed by atoms with van der Waals surface area (Å²) in [4.78, 5) is 46.5. The van der Waals surface area contributed by atoms with Gasteiger partial charge in [-0.3, -0.25) is 19.7 Å². The summed E-state index contributed by atoms with van der Waals surface area (Å²) < 4.78 is 8.02. The number of rotatable bonds is 11. The molecular weight excluding hydrogens is 394 g/mol. The van der Waals surface area contributed by atoms with Crippen molar-refractivity contribution in [2.24, 2.45) is 5.92 Å². The zero-order valence-corrected chi connectivity index (χ0v) is 17.2. The molecular formula is C20H25N3O7. The van der Waals surface area contributed by atoms with Crippen LogP contribution in [0.4, 0.5) is 5.69 Å². The van der Waals surface area contributed by atoms with E-state index in [-0.39, 0.29) is 54.8 Å². The summed E-state index contributed by atoms with van der Waals surface area (Å²) in [6, 6.07) is 2.74. The molecule has 0 atom stereocenters. The zero-order valence-electron chi connectivity index (χ0n) is 17.2. The van der Waals surface area contributed by atoms with Crippen molar-refractivity contribution in [2.45, 2.75) is 46.7 Å². The number of carbonyl (C=O) groups is 3. The van der Waals surface area contributed by atoms with E-state index in [1.165, 1.54) is 29.1 Å². The number of carboxylic acid groups (broad SMARTS) is 1. The Hall–Kier alpha value is -3.43. The Balaban J connectivity index is 2.31. The summed E-state index contributed by atoms with van der Waals surface area (Å²) in [7, 11) is 0. The number of aryl methyl sites for hydroxylation is 1. The van der Waals surface area contributed by atoms with Gasteiger partial charge in [-0.25, -0.2) is 4.79 Å². The predicted octanol–water partition coefficient (Wildman–Crippen LogP) is 2.93. The number of aromatic nitrogens is 2. The number of carbonyl (C=O) groups excluding carboxylic acids is 2. The van der Waals surface area contributed by atoms with E-state index in [1.54, 1.807) is 11.5 Å². The minimum absolute atomic E-state index is 0.0485. The number of ketones is 1. The molecule has 2 rings (SSSR count). The Labute approximate surface area is 173 Å². The molecule has 0 spiro atoms. The standard InChI is InChI=1S/C20H25N3O7/c1-4-30-20(27)17-7-14(11-21(17)6-5-19(25)26)8-18(24)16-9-15(23(28)29)12-22(16)10-13(2)3/h7,9,11-13H,4-6,8,10H2,1-3H3,(H,25,26). The molecule has 0 unspecified atom stereocenters. The average molecular weight is 419 g/mol. The van der Waals surface area contributed by atoms with Crippen LogP contribution in [0.25, 0.3) is 0 Å². The summed E-state index contributed by atoms with van der Waals surface area (Å²) in [6.45, 7) is 6.18. The fourth-order valence-electron chi connectivity index (χ4n) is 3.09. The number of hydrogen-bond donors (Lipinski definition) is 1. The highest BCUT2D eigenvalue weighted by Gasteiger charge is 2.22. The molecule has 0 saturated heterocycles. The van der Waals surface area contributed by atoms with Crippen LogP contribution in [0.15, 0.2) is 24.5 Å². The lowest BCUT2D eigenvalue weighted by Gasteiger charge is -2.09. The molecule has 0 aromatic carbocycles.